The van der Waals surface area contributed by atoms with E-state index in [4.69, 9.17) is 0 Å². The summed E-state index contributed by atoms with van der Waals surface area (Å²) in [5.74, 6) is 0.603. The molecule has 6 heteroatoms. The van der Waals surface area contributed by atoms with Gasteiger partial charge in [-0.25, -0.2) is 0 Å². The Balaban J connectivity index is 1.46. The second-order valence-corrected chi connectivity index (χ2v) is 9.85. The fourth-order valence-electron chi connectivity index (χ4n) is 3.43. The highest BCUT2D eigenvalue weighted by atomic mass is 32.1. The fraction of sp³-hybridized carbons (Fsp3) is 0.333. The van der Waals surface area contributed by atoms with Gasteiger partial charge in [-0.3, -0.25) is 9.59 Å². The van der Waals surface area contributed by atoms with Gasteiger partial charge in [0.05, 0.1) is 19.5 Å². The van der Waals surface area contributed by atoms with Crippen molar-refractivity contribution in [3.05, 3.63) is 80.7 Å². The topological polar surface area (TPSA) is 40.6 Å². The van der Waals surface area contributed by atoms with Crippen LogP contribution >= 0.6 is 22.7 Å². The molecule has 1 aliphatic rings. The van der Waals surface area contributed by atoms with Crippen LogP contribution in [0.1, 0.15) is 28.2 Å². The molecular formula is C24H26N2O2S2. The smallest absolute Gasteiger partial charge is 0.242 e. The van der Waals surface area contributed by atoms with Gasteiger partial charge in [-0.05, 0) is 47.2 Å². The van der Waals surface area contributed by atoms with Crippen LogP contribution in [0, 0.1) is 5.92 Å². The summed E-state index contributed by atoms with van der Waals surface area (Å²) in [6.45, 7) is 1.96. The number of hydrogen-bond acceptors (Lipinski definition) is 4. The molecular weight excluding hydrogens is 412 g/mol. The summed E-state index contributed by atoms with van der Waals surface area (Å²) in [4.78, 5) is 32.2. The molecule has 3 aromatic rings. The van der Waals surface area contributed by atoms with Crippen molar-refractivity contribution in [1.82, 2.24) is 9.80 Å². The molecule has 0 saturated heterocycles. The minimum absolute atomic E-state index is 0.00688. The van der Waals surface area contributed by atoms with Crippen molar-refractivity contribution in [3.8, 4) is 0 Å². The lowest BCUT2D eigenvalue weighted by molar-refractivity contribution is -0.141. The molecule has 156 valence electrons. The number of hydrogen-bond donors (Lipinski definition) is 0. The quantitative estimate of drug-likeness (QED) is 0.455. The molecule has 0 N–H and O–H groups in total. The number of amides is 2. The van der Waals surface area contributed by atoms with E-state index in [1.165, 1.54) is 0 Å². The standard InChI is InChI=1S/C24H26N2O2S2/c27-23(14-21-8-4-12-29-21)26(16-20-10-11-20)18-24(28)25(17-22-9-5-13-30-22)15-19-6-2-1-3-7-19/h1-9,12-13,20H,10-11,14-18H2. The highest BCUT2D eigenvalue weighted by molar-refractivity contribution is 7.10. The lowest BCUT2D eigenvalue weighted by Gasteiger charge is -2.28. The van der Waals surface area contributed by atoms with Crippen LogP contribution in [0.15, 0.2) is 65.4 Å². The van der Waals surface area contributed by atoms with Gasteiger partial charge in [-0.15, -0.1) is 22.7 Å². The number of carbonyl (C=O) groups is 2. The van der Waals surface area contributed by atoms with Gasteiger partial charge in [0.2, 0.25) is 11.8 Å². The summed E-state index contributed by atoms with van der Waals surface area (Å²) in [7, 11) is 0. The van der Waals surface area contributed by atoms with Crippen LogP contribution in [0.4, 0.5) is 0 Å². The molecule has 1 fully saturated rings. The van der Waals surface area contributed by atoms with Gasteiger partial charge in [0.15, 0.2) is 0 Å². The van der Waals surface area contributed by atoms with Gasteiger partial charge < -0.3 is 9.80 Å². The zero-order chi connectivity index (χ0) is 20.8. The maximum Gasteiger partial charge on any atom is 0.242 e. The third-order valence-corrected chi connectivity index (χ3v) is 6.99. The summed E-state index contributed by atoms with van der Waals surface area (Å²) in [5.41, 5.74) is 1.10. The summed E-state index contributed by atoms with van der Waals surface area (Å²) in [6, 6.07) is 18.1. The highest BCUT2D eigenvalue weighted by Crippen LogP contribution is 2.30. The predicted octanol–water partition coefficient (Wildman–Crippen LogP) is 4.82. The average molecular weight is 439 g/mol. The Hall–Kier alpha value is -2.44. The molecule has 30 heavy (non-hydrogen) atoms. The molecule has 0 unspecified atom stereocenters. The summed E-state index contributed by atoms with van der Waals surface area (Å²) < 4.78 is 0. The van der Waals surface area contributed by atoms with Crippen LogP contribution in [0.25, 0.3) is 0 Å². The molecule has 4 rings (SSSR count). The van der Waals surface area contributed by atoms with Crippen molar-refractivity contribution in [2.75, 3.05) is 13.1 Å². The monoisotopic (exact) mass is 438 g/mol. The Morgan fingerprint density at radius 1 is 0.800 bits per heavy atom. The Kier molecular flexibility index (Phi) is 6.97. The summed E-state index contributed by atoms with van der Waals surface area (Å²) in [5, 5.41) is 4.02. The third kappa shape index (κ3) is 6.03. The Labute approximate surface area is 185 Å². The number of nitrogens with zero attached hydrogens (tertiary/aromatic N) is 2. The maximum atomic E-state index is 13.3. The van der Waals surface area contributed by atoms with Gasteiger partial charge in [-0.1, -0.05) is 42.5 Å². The Bertz CT molecular complexity index is 935. The van der Waals surface area contributed by atoms with E-state index in [1.54, 1.807) is 27.6 Å². The van der Waals surface area contributed by atoms with Crippen molar-refractivity contribution in [2.24, 2.45) is 5.92 Å². The van der Waals surface area contributed by atoms with E-state index in [2.05, 4.69) is 6.07 Å². The van der Waals surface area contributed by atoms with Crippen LogP contribution in [0.2, 0.25) is 0 Å². The van der Waals surface area contributed by atoms with Crippen LogP contribution in [-0.4, -0.2) is 34.7 Å². The Morgan fingerprint density at radius 3 is 2.13 bits per heavy atom. The summed E-state index contributed by atoms with van der Waals surface area (Å²) in [6.07, 6.45) is 2.68. The van der Waals surface area contributed by atoms with Crippen LogP contribution in [0.3, 0.4) is 0 Å². The van der Waals surface area contributed by atoms with E-state index in [0.29, 0.717) is 32.0 Å². The molecule has 0 bridgehead atoms. The molecule has 2 aromatic heterocycles. The van der Waals surface area contributed by atoms with Gasteiger partial charge >= 0.3 is 0 Å². The van der Waals surface area contributed by atoms with Crippen LogP contribution in [0.5, 0.6) is 0 Å². The van der Waals surface area contributed by atoms with Crippen molar-refractivity contribution >= 4 is 34.5 Å². The predicted molar refractivity (Wildman–Crippen MR) is 122 cm³/mol. The lowest BCUT2D eigenvalue weighted by atomic mass is 10.2. The molecule has 0 aliphatic heterocycles. The van der Waals surface area contributed by atoms with E-state index < -0.39 is 0 Å². The zero-order valence-electron chi connectivity index (χ0n) is 16.9. The zero-order valence-corrected chi connectivity index (χ0v) is 18.5. The minimum Gasteiger partial charge on any atom is -0.333 e. The second kappa shape index (κ2) is 10.0. The first-order valence-electron chi connectivity index (χ1n) is 10.3. The third-order valence-electron chi connectivity index (χ3n) is 5.26. The second-order valence-electron chi connectivity index (χ2n) is 7.79. The fourth-order valence-corrected chi connectivity index (χ4v) is 4.85. The first-order valence-corrected chi connectivity index (χ1v) is 12.1. The number of rotatable bonds is 10. The number of carbonyl (C=O) groups excluding carboxylic acids is 2. The molecule has 1 saturated carbocycles. The SMILES string of the molecule is O=C(CN(CC1CC1)C(=O)Cc1cccs1)N(Cc1ccccc1)Cc1cccs1. The normalized spacial score (nSPS) is 13.2. The molecule has 2 amide bonds. The molecule has 0 radical (unpaired) electrons. The highest BCUT2D eigenvalue weighted by Gasteiger charge is 2.29. The van der Waals surface area contributed by atoms with Crippen molar-refractivity contribution < 1.29 is 9.59 Å². The van der Waals surface area contributed by atoms with E-state index in [-0.39, 0.29) is 18.4 Å². The van der Waals surface area contributed by atoms with E-state index in [1.807, 2.05) is 64.2 Å². The number of benzene rings is 1. The Morgan fingerprint density at radius 2 is 1.50 bits per heavy atom. The lowest BCUT2D eigenvalue weighted by Crippen LogP contribution is -2.43. The van der Waals surface area contributed by atoms with Gasteiger partial charge in [0, 0.05) is 22.8 Å². The molecule has 1 aliphatic carbocycles. The molecule has 0 atom stereocenters. The van der Waals surface area contributed by atoms with Crippen molar-refractivity contribution in [1.29, 1.82) is 0 Å². The van der Waals surface area contributed by atoms with E-state index >= 15 is 0 Å². The van der Waals surface area contributed by atoms with Crippen LogP contribution < -0.4 is 0 Å². The van der Waals surface area contributed by atoms with Gasteiger partial charge in [0.25, 0.3) is 0 Å². The van der Waals surface area contributed by atoms with Crippen molar-refractivity contribution in [3.63, 3.8) is 0 Å². The molecule has 0 spiro atoms. The van der Waals surface area contributed by atoms with Gasteiger partial charge in [-0.2, -0.15) is 0 Å². The first kappa shape index (κ1) is 20.8. The molecule has 4 nitrogen and oxygen atoms in total. The minimum atomic E-state index is 0.00688. The number of thiophene rings is 2. The van der Waals surface area contributed by atoms with Crippen molar-refractivity contribution in [2.45, 2.75) is 32.4 Å². The van der Waals surface area contributed by atoms with Crippen LogP contribution in [-0.2, 0) is 29.1 Å². The largest absolute Gasteiger partial charge is 0.333 e. The maximum absolute atomic E-state index is 13.3. The molecule has 2 heterocycles. The van der Waals surface area contributed by atoms with E-state index in [9.17, 15) is 9.59 Å². The molecule has 1 aromatic carbocycles. The first-order chi connectivity index (χ1) is 14.7. The average Bonchev–Trinajstić information content (AvgIpc) is 3.17. The van der Waals surface area contributed by atoms with E-state index in [0.717, 1.165) is 28.2 Å². The summed E-state index contributed by atoms with van der Waals surface area (Å²) >= 11 is 3.25. The van der Waals surface area contributed by atoms with Gasteiger partial charge in [0.1, 0.15) is 0 Å².